The zero-order valence-electron chi connectivity index (χ0n) is 16.2. The number of nitrogens with zero attached hydrogens (tertiary/aromatic N) is 5. The van der Waals surface area contributed by atoms with E-state index in [-0.39, 0.29) is 11.7 Å². The monoisotopic (exact) mass is 383 g/mol. The molecule has 2 fully saturated rings. The molecule has 1 aromatic heterocycles. The first-order valence-corrected chi connectivity index (χ1v) is 9.98. The van der Waals surface area contributed by atoms with Gasteiger partial charge in [0.25, 0.3) is 5.91 Å². The summed E-state index contributed by atoms with van der Waals surface area (Å²) < 4.78 is 14.0. The maximum Gasteiger partial charge on any atom is 0.272 e. The number of hydrogen-bond acceptors (Lipinski definition) is 5. The van der Waals surface area contributed by atoms with Crippen LogP contribution in [0, 0.1) is 11.7 Å². The van der Waals surface area contributed by atoms with Crippen LogP contribution in [0.3, 0.4) is 0 Å². The largest absolute Gasteiger partial charge is 0.366 e. The number of carbonyl (C=O) groups is 1. The van der Waals surface area contributed by atoms with Gasteiger partial charge in [0.2, 0.25) is 5.95 Å². The third-order valence-corrected chi connectivity index (χ3v) is 5.56. The van der Waals surface area contributed by atoms with Crippen molar-refractivity contribution < 1.29 is 9.18 Å². The number of halogens is 1. The molecular formula is C21H26FN5O. The van der Waals surface area contributed by atoms with Crippen LogP contribution in [0.2, 0.25) is 0 Å². The molecule has 0 aliphatic carbocycles. The van der Waals surface area contributed by atoms with Gasteiger partial charge in [-0.2, -0.15) is 0 Å². The van der Waals surface area contributed by atoms with Crippen molar-refractivity contribution in [3.63, 3.8) is 0 Å². The van der Waals surface area contributed by atoms with E-state index in [1.165, 1.54) is 12.5 Å². The van der Waals surface area contributed by atoms with Crippen molar-refractivity contribution in [2.75, 3.05) is 49.1 Å². The number of anilines is 2. The van der Waals surface area contributed by atoms with Gasteiger partial charge in [-0.3, -0.25) is 4.79 Å². The lowest BCUT2D eigenvalue weighted by Crippen LogP contribution is -2.49. The predicted octanol–water partition coefficient (Wildman–Crippen LogP) is 2.81. The maximum absolute atomic E-state index is 14.0. The molecule has 4 rings (SSSR count). The Bertz CT molecular complexity index is 837. The SMILES string of the molecule is CC1CCCN(c2nccc(C(=O)N3CCN(c4ccccc4F)CC3)n2)C1. The predicted molar refractivity (Wildman–Crippen MR) is 107 cm³/mol. The molecule has 2 aliphatic rings. The Labute approximate surface area is 165 Å². The molecule has 0 bridgehead atoms. The quantitative estimate of drug-likeness (QED) is 0.816. The lowest BCUT2D eigenvalue weighted by Gasteiger charge is -2.36. The van der Waals surface area contributed by atoms with E-state index in [0.29, 0.717) is 49.4 Å². The molecule has 148 valence electrons. The molecule has 1 aromatic carbocycles. The molecule has 1 atom stereocenters. The smallest absolute Gasteiger partial charge is 0.272 e. The lowest BCUT2D eigenvalue weighted by atomic mass is 10.0. The van der Waals surface area contributed by atoms with Crippen LogP contribution < -0.4 is 9.80 Å². The fourth-order valence-corrected chi connectivity index (χ4v) is 4.01. The molecule has 0 radical (unpaired) electrons. The van der Waals surface area contributed by atoms with Crippen LogP contribution in [-0.2, 0) is 0 Å². The van der Waals surface area contributed by atoms with Gasteiger partial charge >= 0.3 is 0 Å². The molecule has 2 aliphatic heterocycles. The summed E-state index contributed by atoms with van der Waals surface area (Å²) in [6.07, 6.45) is 4.02. The molecule has 0 N–H and O–H groups in total. The summed E-state index contributed by atoms with van der Waals surface area (Å²) in [6.45, 7) is 6.40. The number of piperidine rings is 1. The summed E-state index contributed by atoms with van der Waals surface area (Å²) in [5.41, 5.74) is 1.03. The number of carbonyl (C=O) groups excluding carboxylic acids is 1. The molecule has 3 heterocycles. The molecule has 7 heteroatoms. The topological polar surface area (TPSA) is 52.6 Å². The Morgan fingerprint density at radius 3 is 2.61 bits per heavy atom. The van der Waals surface area contributed by atoms with E-state index < -0.39 is 0 Å². The molecule has 2 saturated heterocycles. The number of benzene rings is 1. The molecule has 2 aromatic rings. The van der Waals surface area contributed by atoms with Gasteiger partial charge in [0.1, 0.15) is 11.5 Å². The number of aromatic nitrogens is 2. The van der Waals surface area contributed by atoms with Gasteiger partial charge in [0, 0.05) is 45.5 Å². The second kappa shape index (κ2) is 8.12. The second-order valence-corrected chi connectivity index (χ2v) is 7.67. The summed E-state index contributed by atoms with van der Waals surface area (Å²) in [4.78, 5) is 27.8. The van der Waals surface area contributed by atoms with Gasteiger partial charge in [-0.15, -0.1) is 0 Å². The maximum atomic E-state index is 14.0. The molecule has 1 unspecified atom stereocenters. The van der Waals surface area contributed by atoms with Crippen LogP contribution in [0.4, 0.5) is 16.0 Å². The normalized spacial score (nSPS) is 20.4. The van der Waals surface area contributed by atoms with E-state index >= 15 is 0 Å². The van der Waals surface area contributed by atoms with Gasteiger partial charge < -0.3 is 14.7 Å². The number of rotatable bonds is 3. The van der Waals surface area contributed by atoms with Crippen LogP contribution in [0.5, 0.6) is 0 Å². The van der Waals surface area contributed by atoms with E-state index in [2.05, 4.69) is 21.8 Å². The molecule has 28 heavy (non-hydrogen) atoms. The third-order valence-electron chi connectivity index (χ3n) is 5.56. The molecule has 6 nitrogen and oxygen atoms in total. The summed E-state index contributed by atoms with van der Waals surface area (Å²) in [7, 11) is 0. The number of piperazine rings is 1. The summed E-state index contributed by atoms with van der Waals surface area (Å²) in [5, 5.41) is 0. The lowest BCUT2D eigenvalue weighted by molar-refractivity contribution is 0.0740. The van der Waals surface area contributed by atoms with E-state index in [1.54, 1.807) is 29.3 Å². The van der Waals surface area contributed by atoms with E-state index in [1.807, 2.05) is 11.0 Å². The highest BCUT2D eigenvalue weighted by atomic mass is 19.1. The van der Waals surface area contributed by atoms with Crippen molar-refractivity contribution in [1.82, 2.24) is 14.9 Å². The Morgan fingerprint density at radius 2 is 1.86 bits per heavy atom. The van der Waals surface area contributed by atoms with Gasteiger partial charge in [-0.25, -0.2) is 14.4 Å². The van der Waals surface area contributed by atoms with Crippen LogP contribution in [0.25, 0.3) is 0 Å². The van der Waals surface area contributed by atoms with E-state index in [4.69, 9.17) is 0 Å². The average molecular weight is 383 g/mol. The minimum atomic E-state index is -0.224. The Hall–Kier alpha value is -2.70. The zero-order chi connectivity index (χ0) is 19.5. The van der Waals surface area contributed by atoms with Crippen LogP contribution in [0.15, 0.2) is 36.5 Å². The van der Waals surface area contributed by atoms with Crippen molar-refractivity contribution in [3.8, 4) is 0 Å². The van der Waals surface area contributed by atoms with Gasteiger partial charge in [-0.1, -0.05) is 19.1 Å². The summed E-state index contributed by atoms with van der Waals surface area (Å²) in [6, 6.07) is 8.45. The average Bonchev–Trinajstić information content (AvgIpc) is 2.74. The van der Waals surface area contributed by atoms with Gasteiger partial charge in [-0.05, 0) is 37.0 Å². The van der Waals surface area contributed by atoms with Crippen molar-refractivity contribution in [1.29, 1.82) is 0 Å². The van der Waals surface area contributed by atoms with Crippen molar-refractivity contribution in [2.24, 2.45) is 5.92 Å². The summed E-state index contributed by atoms with van der Waals surface area (Å²) >= 11 is 0. The van der Waals surface area contributed by atoms with Crippen LogP contribution >= 0.6 is 0 Å². The minimum absolute atomic E-state index is 0.0816. The van der Waals surface area contributed by atoms with E-state index in [9.17, 15) is 9.18 Å². The standard InChI is InChI=1S/C21H26FN5O/c1-16-5-4-10-27(15-16)21-23-9-8-18(24-21)20(28)26-13-11-25(12-14-26)19-7-3-2-6-17(19)22/h2-3,6-9,16H,4-5,10-15H2,1H3. The first kappa shape index (κ1) is 18.7. The van der Waals surface area contributed by atoms with Crippen LogP contribution in [-0.4, -0.2) is 60.0 Å². The fraction of sp³-hybridized carbons (Fsp3) is 0.476. The fourth-order valence-electron chi connectivity index (χ4n) is 4.01. The zero-order valence-corrected chi connectivity index (χ0v) is 16.2. The molecular weight excluding hydrogens is 357 g/mol. The van der Waals surface area contributed by atoms with Crippen LogP contribution in [0.1, 0.15) is 30.3 Å². The Balaban J connectivity index is 1.41. The molecule has 1 amide bonds. The first-order chi connectivity index (χ1) is 13.6. The first-order valence-electron chi connectivity index (χ1n) is 9.98. The van der Waals surface area contributed by atoms with Crippen molar-refractivity contribution >= 4 is 17.5 Å². The number of hydrogen-bond donors (Lipinski definition) is 0. The molecule has 0 spiro atoms. The number of amides is 1. The van der Waals surface area contributed by atoms with Crippen molar-refractivity contribution in [3.05, 3.63) is 48.0 Å². The highest BCUT2D eigenvalue weighted by Crippen LogP contribution is 2.22. The highest BCUT2D eigenvalue weighted by Gasteiger charge is 2.25. The number of para-hydroxylation sites is 1. The highest BCUT2D eigenvalue weighted by molar-refractivity contribution is 5.92. The van der Waals surface area contributed by atoms with Crippen molar-refractivity contribution in [2.45, 2.75) is 19.8 Å². The van der Waals surface area contributed by atoms with E-state index in [0.717, 1.165) is 19.5 Å². The second-order valence-electron chi connectivity index (χ2n) is 7.67. The summed E-state index contributed by atoms with van der Waals surface area (Å²) in [5.74, 6) is 0.950. The minimum Gasteiger partial charge on any atom is -0.366 e. The van der Waals surface area contributed by atoms with Gasteiger partial charge in [0.15, 0.2) is 0 Å². The Morgan fingerprint density at radius 1 is 1.07 bits per heavy atom. The Kier molecular flexibility index (Phi) is 5.41. The molecule has 0 saturated carbocycles. The van der Waals surface area contributed by atoms with Gasteiger partial charge in [0.05, 0.1) is 5.69 Å². The third kappa shape index (κ3) is 3.93.